The van der Waals surface area contributed by atoms with Gasteiger partial charge in [0.25, 0.3) is 5.78 Å². The normalized spacial score (nSPS) is 9.94. The lowest BCUT2D eigenvalue weighted by Gasteiger charge is -2.06. The highest BCUT2D eigenvalue weighted by Gasteiger charge is 2.11. The lowest BCUT2D eigenvalue weighted by Crippen LogP contribution is -1.93. The predicted octanol–water partition coefficient (Wildman–Crippen LogP) is 2.00. The molecule has 1 aromatic heterocycles. The molecule has 4 heteroatoms. The van der Waals surface area contributed by atoms with Gasteiger partial charge in [-0.25, -0.2) is 0 Å². The first-order chi connectivity index (χ1) is 8.19. The highest BCUT2D eigenvalue weighted by molar-refractivity contribution is 6.09. The molecule has 0 amide bonds. The van der Waals surface area contributed by atoms with Crippen molar-refractivity contribution in [3.05, 3.63) is 23.9 Å². The summed E-state index contributed by atoms with van der Waals surface area (Å²) in [5, 5.41) is 0.848. The monoisotopic (exact) mass is 229 g/mol. The van der Waals surface area contributed by atoms with Gasteiger partial charge in [-0.2, -0.15) is 0 Å². The number of carbonyl (C=O) groups is 1. The number of benzene rings is 1. The van der Waals surface area contributed by atoms with E-state index in [1.807, 2.05) is 0 Å². The Morgan fingerprint density at radius 2 is 1.88 bits per heavy atom. The molecule has 0 saturated heterocycles. The maximum absolute atomic E-state index is 11.4. The number of aromatic nitrogens is 1. The smallest absolute Gasteiger partial charge is 0.251 e. The maximum atomic E-state index is 11.4. The second-order valence-electron chi connectivity index (χ2n) is 3.45. The van der Waals surface area contributed by atoms with Crippen LogP contribution in [0.4, 0.5) is 0 Å². The zero-order chi connectivity index (χ0) is 12.4. The summed E-state index contributed by atoms with van der Waals surface area (Å²) in [6.45, 7) is 0. The number of ketones is 1. The zero-order valence-corrected chi connectivity index (χ0v) is 9.53. The lowest BCUT2D eigenvalue weighted by molar-refractivity contribution is 0.105. The molecule has 0 spiro atoms. The van der Waals surface area contributed by atoms with Gasteiger partial charge in [0, 0.05) is 17.0 Å². The number of nitrogens with one attached hydrogen (secondary N) is 1. The van der Waals surface area contributed by atoms with E-state index in [1.54, 1.807) is 32.4 Å². The first-order valence-corrected chi connectivity index (χ1v) is 4.95. The molecule has 17 heavy (non-hydrogen) atoms. The van der Waals surface area contributed by atoms with Gasteiger partial charge in [0.1, 0.15) is 0 Å². The maximum Gasteiger partial charge on any atom is 0.251 e. The Bertz CT molecular complexity index is 578. The third-order valence-corrected chi connectivity index (χ3v) is 2.50. The molecule has 1 heterocycles. The van der Waals surface area contributed by atoms with Crippen molar-refractivity contribution in [3.63, 3.8) is 0 Å². The number of ether oxygens (including phenoxy) is 2. The van der Waals surface area contributed by atoms with Gasteiger partial charge in [0.2, 0.25) is 0 Å². The Labute approximate surface area is 98.5 Å². The predicted molar refractivity (Wildman–Crippen MR) is 64.6 cm³/mol. The Morgan fingerprint density at radius 1 is 1.24 bits per heavy atom. The van der Waals surface area contributed by atoms with E-state index in [4.69, 9.17) is 15.9 Å². The number of aromatic amines is 1. The second kappa shape index (κ2) is 4.22. The van der Waals surface area contributed by atoms with Gasteiger partial charge in [0.05, 0.1) is 19.9 Å². The van der Waals surface area contributed by atoms with Crippen molar-refractivity contribution in [2.75, 3.05) is 14.2 Å². The fraction of sp³-hybridized carbons (Fsp3) is 0.154. The standard InChI is InChI=1S/C13H11NO3/c1-4-11(15)10-5-8-6-12(16-2)13(17-3)7-9(8)14-10/h1,5-7,14H,2-3H3. The van der Waals surface area contributed by atoms with Crippen molar-refractivity contribution in [2.45, 2.75) is 0 Å². The van der Waals surface area contributed by atoms with Crippen LogP contribution >= 0.6 is 0 Å². The fourth-order valence-electron chi connectivity index (χ4n) is 1.66. The van der Waals surface area contributed by atoms with Crippen LogP contribution in [-0.2, 0) is 0 Å². The van der Waals surface area contributed by atoms with Crippen molar-refractivity contribution in [3.8, 4) is 23.8 Å². The van der Waals surface area contributed by atoms with Gasteiger partial charge in [-0.05, 0) is 18.1 Å². The molecule has 1 aromatic carbocycles. The number of Topliss-reactive ketones (excluding diaryl/α,β-unsaturated/α-hetero) is 1. The van der Waals surface area contributed by atoms with Crippen molar-refractivity contribution in [1.29, 1.82) is 0 Å². The summed E-state index contributed by atoms with van der Waals surface area (Å²) in [5.41, 5.74) is 1.17. The minimum Gasteiger partial charge on any atom is -0.493 e. The summed E-state index contributed by atoms with van der Waals surface area (Å²) < 4.78 is 10.3. The van der Waals surface area contributed by atoms with Crippen molar-refractivity contribution < 1.29 is 14.3 Å². The van der Waals surface area contributed by atoms with Crippen LogP contribution in [0.2, 0.25) is 0 Å². The van der Waals surface area contributed by atoms with E-state index < -0.39 is 0 Å². The van der Waals surface area contributed by atoms with E-state index in [9.17, 15) is 4.79 Å². The largest absolute Gasteiger partial charge is 0.493 e. The van der Waals surface area contributed by atoms with Gasteiger partial charge in [0.15, 0.2) is 11.5 Å². The van der Waals surface area contributed by atoms with Crippen LogP contribution in [0.5, 0.6) is 11.5 Å². The molecule has 0 aliphatic heterocycles. The number of hydrogen-bond acceptors (Lipinski definition) is 3. The van der Waals surface area contributed by atoms with Gasteiger partial charge in [-0.15, -0.1) is 6.42 Å². The minimum atomic E-state index is -0.376. The van der Waals surface area contributed by atoms with Gasteiger partial charge in [-0.1, -0.05) is 0 Å². The summed E-state index contributed by atoms with van der Waals surface area (Å²) in [4.78, 5) is 14.3. The molecule has 2 aromatic rings. The van der Waals surface area contributed by atoms with Crippen LogP contribution in [0.1, 0.15) is 10.5 Å². The van der Waals surface area contributed by atoms with E-state index in [0.29, 0.717) is 17.2 Å². The second-order valence-corrected chi connectivity index (χ2v) is 3.45. The summed E-state index contributed by atoms with van der Waals surface area (Å²) >= 11 is 0. The third-order valence-electron chi connectivity index (χ3n) is 2.50. The first kappa shape index (κ1) is 11.1. The highest BCUT2D eigenvalue weighted by Crippen LogP contribution is 2.32. The Hall–Kier alpha value is -2.41. The number of methoxy groups -OCH3 is 2. The molecule has 86 valence electrons. The average Bonchev–Trinajstić information content (AvgIpc) is 2.78. The molecule has 0 saturated carbocycles. The van der Waals surface area contributed by atoms with Crippen molar-refractivity contribution >= 4 is 16.7 Å². The minimum absolute atomic E-state index is 0.376. The van der Waals surface area contributed by atoms with Crippen LogP contribution in [0.15, 0.2) is 18.2 Å². The van der Waals surface area contributed by atoms with E-state index >= 15 is 0 Å². The van der Waals surface area contributed by atoms with Crippen LogP contribution in [-0.4, -0.2) is 25.0 Å². The number of fused-ring (bicyclic) bond motifs is 1. The summed E-state index contributed by atoms with van der Waals surface area (Å²) in [6.07, 6.45) is 5.07. The molecule has 0 fully saturated rings. The number of hydrogen-bond donors (Lipinski definition) is 1. The molecule has 0 aliphatic carbocycles. The summed E-state index contributed by atoms with van der Waals surface area (Å²) in [7, 11) is 3.12. The SMILES string of the molecule is C#CC(=O)c1cc2cc(OC)c(OC)cc2[nH]1. The molecule has 0 radical (unpaired) electrons. The van der Waals surface area contributed by atoms with Crippen LogP contribution in [0.25, 0.3) is 10.9 Å². The zero-order valence-electron chi connectivity index (χ0n) is 9.53. The Balaban J connectivity index is 2.62. The van der Waals surface area contributed by atoms with E-state index in [1.165, 1.54) is 0 Å². The quantitative estimate of drug-likeness (QED) is 0.497. The lowest BCUT2D eigenvalue weighted by atomic mass is 10.2. The summed E-state index contributed by atoms with van der Waals surface area (Å²) in [6, 6.07) is 5.25. The summed E-state index contributed by atoms with van der Waals surface area (Å²) in [5.74, 6) is 2.90. The fourth-order valence-corrected chi connectivity index (χ4v) is 1.66. The molecule has 2 rings (SSSR count). The van der Waals surface area contributed by atoms with Gasteiger partial charge < -0.3 is 14.5 Å². The van der Waals surface area contributed by atoms with Gasteiger partial charge in [-0.3, -0.25) is 4.79 Å². The molecule has 0 unspecified atom stereocenters. The molecule has 1 N–H and O–H groups in total. The topological polar surface area (TPSA) is 51.3 Å². The van der Waals surface area contributed by atoms with Crippen LogP contribution < -0.4 is 9.47 Å². The number of terminal acetylenes is 1. The first-order valence-electron chi connectivity index (χ1n) is 4.95. The van der Waals surface area contributed by atoms with Crippen molar-refractivity contribution in [1.82, 2.24) is 4.98 Å². The van der Waals surface area contributed by atoms with Gasteiger partial charge >= 0.3 is 0 Å². The van der Waals surface area contributed by atoms with E-state index in [-0.39, 0.29) is 5.78 Å². The van der Waals surface area contributed by atoms with Crippen LogP contribution in [0, 0.1) is 12.3 Å². The molecule has 0 bridgehead atoms. The third kappa shape index (κ3) is 1.83. The molecule has 4 nitrogen and oxygen atoms in total. The number of carbonyl (C=O) groups excluding carboxylic acids is 1. The molecule has 0 atom stereocenters. The number of rotatable bonds is 3. The number of H-pyrrole nitrogens is 1. The van der Waals surface area contributed by atoms with E-state index in [2.05, 4.69) is 10.9 Å². The Kier molecular flexibility index (Phi) is 2.75. The average molecular weight is 229 g/mol. The molecular formula is C13H11NO3. The molecular weight excluding hydrogens is 218 g/mol. The van der Waals surface area contributed by atoms with Crippen molar-refractivity contribution in [2.24, 2.45) is 0 Å². The molecule has 0 aliphatic rings. The Morgan fingerprint density at radius 3 is 2.47 bits per heavy atom. The highest BCUT2D eigenvalue weighted by atomic mass is 16.5. The van der Waals surface area contributed by atoms with Crippen LogP contribution in [0.3, 0.4) is 0 Å². The van der Waals surface area contributed by atoms with E-state index in [0.717, 1.165) is 10.9 Å².